The van der Waals surface area contributed by atoms with Crippen LogP contribution in [-0.4, -0.2) is 35.6 Å². The zero-order chi connectivity index (χ0) is 21.0. The summed E-state index contributed by atoms with van der Waals surface area (Å²) in [5.74, 6) is -2.61. The molecule has 0 bridgehead atoms. The van der Waals surface area contributed by atoms with Gasteiger partial charge >= 0.3 is 0 Å². The number of likely N-dealkylation sites (tertiary alicyclic amines) is 1. The summed E-state index contributed by atoms with van der Waals surface area (Å²) in [5.41, 5.74) is 1.94. The number of carbonyl (C=O) groups excluding carboxylic acids is 3. The van der Waals surface area contributed by atoms with E-state index in [1.165, 1.54) is 4.90 Å². The van der Waals surface area contributed by atoms with Gasteiger partial charge in [-0.15, -0.1) is 0 Å². The summed E-state index contributed by atoms with van der Waals surface area (Å²) in [4.78, 5) is 38.7. The van der Waals surface area contributed by atoms with E-state index in [0.29, 0.717) is 29.4 Å². The quantitative estimate of drug-likeness (QED) is 0.410. The summed E-state index contributed by atoms with van der Waals surface area (Å²) in [6, 6.07) is 14.6. The Bertz CT molecular complexity index is 918. The lowest BCUT2D eigenvalue weighted by molar-refractivity contribution is -0.143. The number of hydrogen-bond donors (Lipinski definition) is 1. The number of aryl methyl sites for hydroxylation is 1. The van der Waals surface area contributed by atoms with Crippen LogP contribution < -0.4 is 5.32 Å². The first-order valence-corrected chi connectivity index (χ1v) is 10.3. The number of benzene rings is 2. The molecule has 2 aromatic carbocycles. The van der Waals surface area contributed by atoms with Gasteiger partial charge in [0.05, 0.1) is 16.1 Å². The van der Waals surface area contributed by atoms with Crippen LogP contribution in [0.25, 0.3) is 0 Å². The van der Waals surface area contributed by atoms with Gasteiger partial charge < -0.3 is 10.2 Å². The summed E-state index contributed by atoms with van der Waals surface area (Å²) in [7, 11) is 0. The summed E-state index contributed by atoms with van der Waals surface area (Å²) in [6.45, 7) is 2.37. The Morgan fingerprint density at radius 2 is 1.86 bits per heavy atom. The Kier molecular flexibility index (Phi) is 6.93. The van der Waals surface area contributed by atoms with Crippen molar-refractivity contribution >= 4 is 40.8 Å². The number of halogens is 2. The largest absolute Gasteiger partial charge is 0.355 e. The molecule has 1 aliphatic heterocycles. The maximum atomic E-state index is 12.5. The van der Waals surface area contributed by atoms with Gasteiger partial charge in [-0.3, -0.25) is 14.4 Å². The Labute approximate surface area is 180 Å². The molecule has 2 atom stereocenters. The summed E-state index contributed by atoms with van der Waals surface area (Å²) >= 11 is 11.9. The molecule has 0 radical (unpaired) electrons. The molecule has 1 heterocycles. The summed E-state index contributed by atoms with van der Waals surface area (Å²) < 4.78 is 0. The van der Waals surface area contributed by atoms with Crippen molar-refractivity contribution in [2.45, 2.75) is 25.8 Å². The van der Waals surface area contributed by atoms with Crippen molar-refractivity contribution in [3.05, 3.63) is 69.7 Å². The molecule has 1 unspecified atom stereocenters. The van der Waals surface area contributed by atoms with Gasteiger partial charge in [0.2, 0.25) is 11.7 Å². The van der Waals surface area contributed by atoms with Crippen LogP contribution in [-0.2, 0) is 20.8 Å². The lowest BCUT2D eigenvalue weighted by atomic mass is 10.1. The minimum Gasteiger partial charge on any atom is -0.355 e. The Morgan fingerprint density at radius 1 is 1.14 bits per heavy atom. The average Bonchev–Trinajstić information content (AvgIpc) is 3.03. The van der Waals surface area contributed by atoms with Crippen molar-refractivity contribution in [1.82, 2.24) is 10.2 Å². The smallest absolute Gasteiger partial charge is 0.291 e. The number of hydrogen-bond acceptors (Lipinski definition) is 3. The van der Waals surface area contributed by atoms with Crippen molar-refractivity contribution < 1.29 is 14.4 Å². The van der Waals surface area contributed by atoms with Crippen molar-refractivity contribution in [2.24, 2.45) is 5.92 Å². The number of nitrogens with zero attached hydrogens (tertiary/aromatic N) is 1. The third kappa shape index (κ3) is 4.98. The maximum Gasteiger partial charge on any atom is 0.291 e. The molecule has 0 aromatic heterocycles. The van der Waals surface area contributed by atoms with Crippen molar-refractivity contribution in [1.29, 1.82) is 0 Å². The van der Waals surface area contributed by atoms with E-state index in [1.807, 2.05) is 43.3 Å². The molecule has 2 amide bonds. The van der Waals surface area contributed by atoms with Gasteiger partial charge in [0.1, 0.15) is 5.92 Å². The van der Waals surface area contributed by atoms with Gasteiger partial charge in [-0.25, -0.2) is 0 Å². The minimum atomic E-state index is -0.960. The number of nitrogens with one attached hydrogen (secondary N) is 1. The fourth-order valence-corrected chi connectivity index (χ4v) is 3.74. The fourth-order valence-electron chi connectivity index (χ4n) is 3.42. The third-order valence-electron chi connectivity index (χ3n) is 5.16. The predicted molar refractivity (Wildman–Crippen MR) is 113 cm³/mol. The maximum absolute atomic E-state index is 12.5. The Balaban J connectivity index is 1.52. The molecule has 0 aliphatic carbocycles. The molecule has 0 saturated carbocycles. The third-order valence-corrected chi connectivity index (χ3v) is 5.90. The summed E-state index contributed by atoms with van der Waals surface area (Å²) in [6.07, 6.45) is 1.40. The van der Waals surface area contributed by atoms with Crippen LogP contribution in [0.2, 0.25) is 10.0 Å². The highest BCUT2D eigenvalue weighted by atomic mass is 35.5. The normalized spacial score (nSPS) is 17.5. The van der Waals surface area contributed by atoms with E-state index in [9.17, 15) is 14.4 Å². The van der Waals surface area contributed by atoms with Gasteiger partial charge in [0.25, 0.3) is 5.91 Å². The molecule has 2 aromatic rings. The highest BCUT2D eigenvalue weighted by Crippen LogP contribution is 2.27. The topological polar surface area (TPSA) is 66.5 Å². The zero-order valence-corrected chi connectivity index (χ0v) is 17.5. The second kappa shape index (κ2) is 9.42. The van der Waals surface area contributed by atoms with E-state index in [2.05, 4.69) is 5.32 Å². The van der Waals surface area contributed by atoms with Gasteiger partial charge in [0, 0.05) is 13.1 Å². The molecule has 152 valence electrons. The zero-order valence-electron chi connectivity index (χ0n) is 16.0. The molecule has 0 spiro atoms. The van der Waals surface area contributed by atoms with Gasteiger partial charge in [-0.05, 0) is 43.0 Å². The molecule has 5 nitrogen and oxygen atoms in total. The molecule has 3 rings (SSSR count). The average molecular weight is 433 g/mol. The van der Waals surface area contributed by atoms with Gasteiger partial charge in [-0.1, -0.05) is 59.6 Å². The minimum absolute atomic E-state index is 0.104. The molecular weight excluding hydrogens is 411 g/mol. The number of Topliss-reactive ketones (excluding diaryl/α,β-unsaturated/α-hetero) is 1. The van der Waals surface area contributed by atoms with E-state index in [4.69, 9.17) is 23.2 Å². The predicted octanol–water partition coefficient (Wildman–Crippen LogP) is 3.83. The molecule has 1 fully saturated rings. The number of amides is 2. The number of carbonyl (C=O) groups is 3. The highest BCUT2D eigenvalue weighted by Gasteiger charge is 2.44. The number of rotatable bonds is 7. The van der Waals surface area contributed by atoms with E-state index in [1.54, 1.807) is 12.1 Å². The molecule has 1 N–H and O–H groups in total. The fraction of sp³-hybridized carbons (Fsp3) is 0.318. The van der Waals surface area contributed by atoms with Crippen molar-refractivity contribution in [2.75, 3.05) is 13.1 Å². The van der Waals surface area contributed by atoms with Crippen LogP contribution in [0, 0.1) is 5.92 Å². The molecular formula is C22H22Cl2N2O3. The lowest BCUT2D eigenvalue weighted by Crippen LogP contribution is -2.36. The Morgan fingerprint density at radius 3 is 2.55 bits per heavy atom. The molecule has 29 heavy (non-hydrogen) atoms. The highest BCUT2D eigenvalue weighted by molar-refractivity contribution is 6.42. The van der Waals surface area contributed by atoms with Crippen LogP contribution in [0.1, 0.15) is 30.5 Å². The SMILES string of the molecule is C[C@H](c1ccccc1)N1CC(C(=O)NCCCc2ccc(Cl)c(Cl)c2)C(=O)C1=O. The second-order valence-corrected chi connectivity index (χ2v) is 7.92. The first-order valence-electron chi connectivity index (χ1n) is 9.50. The molecule has 1 aliphatic rings. The first kappa shape index (κ1) is 21.3. The summed E-state index contributed by atoms with van der Waals surface area (Å²) in [5, 5.41) is 3.77. The van der Waals surface area contributed by atoms with E-state index < -0.39 is 23.5 Å². The molecule has 7 heteroatoms. The van der Waals surface area contributed by atoms with Gasteiger partial charge in [-0.2, -0.15) is 0 Å². The monoisotopic (exact) mass is 432 g/mol. The van der Waals surface area contributed by atoms with E-state index in [-0.39, 0.29) is 12.6 Å². The van der Waals surface area contributed by atoms with Crippen LogP contribution in [0.15, 0.2) is 48.5 Å². The van der Waals surface area contributed by atoms with E-state index in [0.717, 1.165) is 11.1 Å². The van der Waals surface area contributed by atoms with Crippen LogP contribution in [0.4, 0.5) is 0 Å². The second-order valence-electron chi connectivity index (χ2n) is 7.10. The standard InChI is InChI=1S/C22H22Cl2N2O3/c1-14(16-7-3-2-4-8-16)26-13-17(20(27)22(26)29)21(28)25-11-5-6-15-9-10-18(23)19(24)12-15/h2-4,7-10,12,14,17H,5-6,11,13H2,1H3,(H,25,28)/t14-,17?/m1/s1. The van der Waals surface area contributed by atoms with Crippen molar-refractivity contribution in [3.63, 3.8) is 0 Å². The lowest BCUT2D eigenvalue weighted by Gasteiger charge is -2.24. The van der Waals surface area contributed by atoms with Crippen molar-refractivity contribution in [3.8, 4) is 0 Å². The first-order chi connectivity index (χ1) is 13.9. The van der Waals surface area contributed by atoms with Crippen LogP contribution in [0.5, 0.6) is 0 Å². The van der Waals surface area contributed by atoms with E-state index >= 15 is 0 Å². The van der Waals surface area contributed by atoms with Crippen LogP contribution in [0.3, 0.4) is 0 Å². The van der Waals surface area contributed by atoms with Crippen LogP contribution >= 0.6 is 23.2 Å². The molecule has 1 saturated heterocycles. The Hall–Kier alpha value is -2.37. The van der Waals surface area contributed by atoms with Gasteiger partial charge in [0.15, 0.2) is 0 Å². The number of ketones is 1.